The minimum atomic E-state index is -0.946. The number of aromatic nitrogens is 2. The number of rotatable bonds is 4. The molecule has 1 aromatic rings. The van der Waals surface area contributed by atoms with Gasteiger partial charge in [0, 0.05) is 12.3 Å². The number of nitrogens with one attached hydrogen (secondary N) is 1. The zero-order valence-corrected chi connectivity index (χ0v) is 11.7. The summed E-state index contributed by atoms with van der Waals surface area (Å²) in [5, 5.41) is 19.1. The summed E-state index contributed by atoms with van der Waals surface area (Å²) < 4.78 is 6.62. The molecule has 1 aromatic heterocycles. The quantitative estimate of drug-likeness (QED) is 0.623. The van der Waals surface area contributed by atoms with Crippen molar-refractivity contribution < 1.29 is 14.9 Å². The van der Waals surface area contributed by atoms with Crippen LogP contribution in [0.2, 0.25) is 0 Å². The fourth-order valence-electron chi connectivity index (χ4n) is 1.95. The van der Waals surface area contributed by atoms with Crippen molar-refractivity contribution in [3.05, 3.63) is 33.1 Å². The second-order valence-corrected chi connectivity index (χ2v) is 6.63. The van der Waals surface area contributed by atoms with Gasteiger partial charge in [-0.25, -0.2) is 4.79 Å². The van der Waals surface area contributed by atoms with Crippen molar-refractivity contribution in [2.45, 2.75) is 23.7 Å². The van der Waals surface area contributed by atoms with Crippen molar-refractivity contribution in [1.82, 2.24) is 9.55 Å². The summed E-state index contributed by atoms with van der Waals surface area (Å²) in [5.41, 5.74) is -1.16. The van der Waals surface area contributed by atoms with Crippen LogP contribution >= 0.6 is 21.6 Å². The summed E-state index contributed by atoms with van der Waals surface area (Å²) in [7, 11) is 2.83. The van der Waals surface area contributed by atoms with Crippen molar-refractivity contribution >= 4 is 21.6 Å². The normalized spacial score (nSPS) is 30.7. The molecule has 1 aliphatic heterocycles. The number of aliphatic hydroxyl groups is 2. The summed E-state index contributed by atoms with van der Waals surface area (Å²) in [6, 6.07) is 1.18. The highest BCUT2D eigenvalue weighted by Crippen LogP contribution is 2.39. The molecule has 0 aromatic carbocycles. The second-order valence-electron chi connectivity index (χ2n) is 3.98. The van der Waals surface area contributed by atoms with Gasteiger partial charge >= 0.3 is 5.69 Å². The van der Waals surface area contributed by atoms with Crippen LogP contribution in [0.3, 0.4) is 0 Å². The first kappa shape index (κ1) is 14.7. The largest absolute Gasteiger partial charge is 0.394 e. The summed E-state index contributed by atoms with van der Waals surface area (Å²) in [4.78, 5) is 24.8. The minimum Gasteiger partial charge on any atom is -0.394 e. The highest BCUT2D eigenvalue weighted by molar-refractivity contribution is 8.76. The van der Waals surface area contributed by atoms with Gasteiger partial charge in [0.25, 0.3) is 5.56 Å². The Hall–Kier alpha value is -0.740. The zero-order chi connectivity index (χ0) is 14.0. The first-order chi connectivity index (χ1) is 9.08. The van der Waals surface area contributed by atoms with E-state index in [9.17, 15) is 19.8 Å². The van der Waals surface area contributed by atoms with E-state index in [-0.39, 0.29) is 11.9 Å². The smallest absolute Gasteiger partial charge is 0.330 e. The maximum Gasteiger partial charge on any atom is 0.330 e. The molecule has 2 heterocycles. The van der Waals surface area contributed by atoms with E-state index in [4.69, 9.17) is 4.74 Å². The van der Waals surface area contributed by atoms with Gasteiger partial charge in [0.05, 0.1) is 18.0 Å². The van der Waals surface area contributed by atoms with Gasteiger partial charge < -0.3 is 14.9 Å². The number of hydrogen-bond acceptors (Lipinski definition) is 7. The Labute approximate surface area is 116 Å². The molecule has 2 rings (SSSR count). The predicted molar refractivity (Wildman–Crippen MR) is 73.2 cm³/mol. The van der Waals surface area contributed by atoms with E-state index < -0.39 is 29.7 Å². The van der Waals surface area contributed by atoms with Crippen molar-refractivity contribution in [3.8, 4) is 0 Å². The standard InChI is InChI=1S/C10H14N2O5S2/c1-18-19-8-5(4-13)17-9(7(8)15)12-3-2-6(14)11-10(12)16/h2-3,5,7-9,13,15H,4H2,1H3,(H,11,14,16)/t5-,7-,8+,9-/m1/s1. The van der Waals surface area contributed by atoms with Crippen LogP contribution in [-0.2, 0) is 4.74 Å². The van der Waals surface area contributed by atoms with Crippen LogP contribution in [0.4, 0.5) is 0 Å². The van der Waals surface area contributed by atoms with Crippen LogP contribution < -0.4 is 11.2 Å². The van der Waals surface area contributed by atoms with Crippen molar-refractivity contribution in [2.24, 2.45) is 0 Å². The van der Waals surface area contributed by atoms with Gasteiger partial charge in [-0.15, -0.1) is 0 Å². The van der Waals surface area contributed by atoms with Crippen molar-refractivity contribution in [2.75, 3.05) is 12.9 Å². The first-order valence-corrected chi connectivity index (χ1v) is 8.16. The number of H-pyrrole nitrogens is 1. The number of aromatic amines is 1. The van der Waals surface area contributed by atoms with Gasteiger partial charge in [-0.3, -0.25) is 14.3 Å². The van der Waals surface area contributed by atoms with Crippen LogP contribution in [0.5, 0.6) is 0 Å². The zero-order valence-electron chi connectivity index (χ0n) is 10.1. The number of hydrogen-bond donors (Lipinski definition) is 3. The van der Waals surface area contributed by atoms with Crippen LogP contribution in [0.25, 0.3) is 0 Å². The van der Waals surface area contributed by atoms with E-state index in [1.807, 2.05) is 6.26 Å². The Balaban J connectivity index is 2.30. The molecule has 1 saturated heterocycles. The molecule has 0 radical (unpaired) electrons. The lowest BCUT2D eigenvalue weighted by Gasteiger charge is -2.18. The summed E-state index contributed by atoms with van der Waals surface area (Å²) in [6.07, 6.45) is 0.710. The van der Waals surface area contributed by atoms with Crippen LogP contribution in [0.15, 0.2) is 21.9 Å². The molecular formula is C10H14N2O5S2. The Kier molecular flexibility index (Phi) is 4.74. The summed E-state index contributed by atoms with van der Waals surface area (Å²) >= 11 is 0. The Bertz CT molecular complexity index is 545. The fourth-order valence-corrected chi connectivity index (χ4v) is 4.08. The van der Waals surface area contributed by atoms with E-state index in [0.717, 1.165) is 4.57 Å². The van der Waals surface area contributed by atoms with Crippen molar-refractivity contribution in [3.63, 3.8) is 0 Å². The maximum absolute atomic E-state index is 11.7. The monoisotopic (exact) mass is 306 g/mol. The molecule has 0 unspecified atom stereocenters. The predicted octanol–water partition coefficient (Wildman–Crippen LogP) is -0.833. The molecule has 0 aliphatic carbocycles. The topological polar surface area (TPSA) is 105 Å². The lowest BCUT2D eigenvalue weighted by molar-refractivity contribution is -0.0530. The Morgan fingerprint density at radius 2 is 2.26 bits per heavy atom. The van der Waals surface area contributed by atoms with Gasteiger partial charge in [0.2, 0.25) is 0 Å². The molecule has 1 aliphatic rings. The Morgan fingerprint density at radius 3 is 2.84 bits per heavy atom. The second kappa shape index (κ2) is 6.14. The Morgan fingerprint density at radius 1 is 1.53 bits per heavy atom. The van der Waals surface area contributed by atoms with Crippen LogP contribution in [-0.4, -0.2) is 50.1 Å². The average molecular weight is 306 g/mol. The van der Waals surface area contributed by atoms with E-state index in [1.165, 1.54) is 33.9 Å². The average Bonchev–Trinajstić information content (AvgIpc) is 2.68. The number of ether oxygens (including phenoxy) is 1. The van der Waals surface area contributed by atoms with Gasteiger partial charge in [-0.1, -0.05) is 21.6 Å². The highest BCUT2D eigenvalue weighted by atomic mass is 33.1. The first-order valence-electron chi connectivity index (χ1n) is 5.53. The third kappa shape index (κ3) is 2.90. The van der Waals surface area contributed by atoms with E-state index in [2.05, 4.69) is 4.98 Å². The summed E-state index contributed by atoms with van der Waals surface area (Å²) in [5.74, 6) is 0. The molecule has 0 saturated carbocycles. The molecule has 0 spiro atoms. The number of aliphatic hydroxyl groups excluding tert-OH is 2. The fraction of sp³-hybridized carbons (Fsp3) is 0.600. The molecule has 19 heavy (non-hydrogen) atoms. The molecule has 7 nitrogen and oxygen atoms in total. The van der Waals surface area contributed by atoms with E-state index in [1.54, 1.807) is 0 Å². The molecule has 106 valence electrons. The molecular weight excluding hydrogens is 292 g/mol. The van der Waals surface area contributed by atoms with Gasteiger partial charge in [0.1, 0.15) is 6.10 Å². The van der Waals surface area contributed by atoms with Gasteiger partial charge in [-0.2, -0.15) is 0 Å². The van der Waals surface area contributed by atoms with Crippen molar-refractivity contribution in [1.29, 1.82) is 0 Å². The molecule has 4 atom stereocenters. The summed E-state index contributed by atoms with van der Waals surface area (Å²) in [6.45, 7) is -0.246. The van der Waals surface area contributed by atoms with E-state index in [0.29, 0.717) is 0 Å². The van der Waals surface area contributed by atoms with Crippen LogP contribution in [0.1, 0.15) is 6.23 Å². The third-order valence-corrected chi connectivity index (χ3v) is 5.06. The third-order valence-electron chi connectivity index (χ3n) is 2.82. The van der Waals surface area contributed by atoms with Gasteiger partial charge in [0.15, 0.2) is 6.23 Å². The minimum absolute atomic E-state index is 0.246. The highest BCUT2D eigenvalue weighted by Gasteiger charge is 2.45. The van der Waals surface area contributed by atoms with E-state index >= 15 is 0 Å². The SMILES string of the molecule is CSS[C@@H]1[C@@H](O)[C@H](n2ccc(=O)[nH]c2=O)O[C@@H]1CO. The molecule has 0 bridgehead atoms. The lowest BCUT2D eigenvalue weighted by Crippen LogP contribution is -2.36. The molecule has 0 amide bonds. The number of nitrogens with zero attached hydrogens (tertiary/aromatic N) is 1. The molecule has 3 N–H and O–H groups in total. The maximum atomic E-state index is 11.7. The van der Waals surface area contributed by atoms with Gasteiger partial charge in [-0.05, 0) is 6.26 Å². The lowest BCUT2D eigenvalue weighted by atomic mass is 10.2. The molecule has 1 fully saturated rings. The van der Waals surface area contributed by atoms with Crippen LogP contribution in [0, 0.1) is 0 Å². The molecule has 9 heteroatoms.